The molecule has 1 nitrogen and oxygen atoms in total. The minimum Gasteiger partial charge on any atom is -0.300 e. The first-order chi connectivity index (χ1) is 9.15. The van der Waals surface area contributed by atoms with E-state index >= 15 is 0 Å². The van der Waals surface area contributed by atoms with E-state index in [1.165, 1.54) is 49.9 Å². The molecule has 1 aliphatic rings. The van der Waals surface area contributed by atoms with E-state index in [9.17, 15) is 0 Å². The predicted octanol–water partition coefficient (Wildman–Crippen LogP) is 4.67. The molecule has 106 valence electrons. The molecule has 0 aromatic heterocycles. The van der Waals surface area contributed by atoms with Gasteiger partial charge in [0.2, 0.25) is 0 Å². The van der Waals surface area contributed by atoms with Crippen molar-refractivity contribution in [1.82, 2.24) is 4.90 Å². The lowest BCUT2D eigenvalue weighted by Gasteiger charge is -2.37. The molecule has 0 saturated carbocycles. The third-order valence-corrected chi connectivity index (χ3v) is 4.85. The van der Waals surface area contributed by atoms with Crippen molar-refractivity contribution in [1.29, 1.82) is 0 Å². The van der Waals surface area contributed by atoms with E-state index in [2.05, 4.69) is 50.8 Å². The van der Waals surface area contributed by atoms with Crippen molar-refractivity contribution >= 4 is 0 Å². The molecule has 19 heavy (non-hydrogen) atoms. The van der Waals surface area contributed by atoms with Gasteiger partial charge in [0.1, 0.15) is 0 Å². The first-order valence-corrected chi connectivity index (χ1v) is 7.96. The second kappa shape index (κ2) is 6.56. The van der Waals surface area contributed by atoms with Crippen LogP contribution in [0.3, 0.4) is 0 Å². The Morgan fingerprint density at radius 1 is 1.11 bits per heavy atom. The van der Waals surface area contributed by atoms with Gasteiger partial charge >= 0.3 is 0 Å². The topological polar surface area (TPSA) is 3.24 Å². The van der Waals surface area contributed by atoms with Crippen LogP contribution in [-0.4, -0.2) is 24.0 Å². The molecule has 2 rings (SSSR count). The Labute approximate surface area is 119 Å². The number of hydrogen-bond acceptors (Lipinski definition) is 1. The Kier molecular flexibility index (Phi) is 5.04. The summed E-state index contributed by atoms with van der Waals surface area (Å²) < 4.78 is 0. The van der Waals surface area contributed by atoms with Crippen LogP contribution in [0.5, 0.6) is 0 Å². The maximum atomic E-state index is 2.71. The SMILES string of the molecule is CCC(CC)N1CCC(c2ccc(C)cc2C)CC1. The van der Waals surface area contributed by atoms with Gasteiger partial charge in [-0.2, -0.15) is 0 Å². The lowest BCUT2D eigenvalue weighted by Crippen LogP contribution is -2.40. The largest absolute Gasteiger partial charge is 0.300 e. The maximum Gasteiger partial charge on any atom is 0.00900 e. The van der Waals surface area contributed by atoms with Gasteiger partial charge < -0.3 is 4.90 Å². The maximum absolute atomic E-state index is 2.71. The highest BCUT2D eigenvalue weighted by Crippen LogP contribution is 2.31. The first kappa shape index (κ1) is 14.6. The number of rotatable bonds is 4. The number of hydrogen-bond donors (Lipinski definition) is 0. The van der Waals surface area contributed by atoms with Gasteiger partial charge in [-0.05, 0) is 69.7 Å². The number of aryl methyl sites for hydroxylation is 2. The van der Waals surface area contributed by atoms with Gasteiger partial charge in [0, 0.05) is 6.04 Å². The zero-order valence-corrected chi connectivity index (χ0v) is 13.1. The molecule has 0 radical (unpaired) electrons. The van der Waals surface area contributed by atoms with Crippen LogP contribution in [0, 0.1) is 13.8 Å². The summed E-state index contributed by atoms with van der Waals surface area (Å²) in [5, 5.41) is 0. The van der Waals surface area contributed by atoms with Gasteiger partial charge in [0.05, 0.1) is 0 Å². The summed E-state index contributed by atoms with van der Waals surface area (Å²) in [6.07, 6.45) is 5.26. The zero-order valence-electron chi connectivity index (χ0n) is 13.1. The molecular weight excluding hydrogens is 230 g/mol. The van der Waals surface area contributed by atoms with Crippen LogP contribution in [0.4, 0.5) is 0 Å². The summed E-state index contributed by atoms with van der Waals surface area (Å²) in [5.74, 6) is 0.784. The second-order valence-electron chi connectivity index (χ2n) is 6.14. The van der Waals surface area contributed by atoms with Gasteiger partial charge in [0.15, 0.2) is 0 Å². The van der Waals surface area contributed by atoms with Crippen LogP contribution in [0.25, 0.3) is 0 Å². The lowest BCUT2D eigenvalue weighted by atomic mass is 9.85. The van der Waals surface area contributed by atoms with E-state index in [1.54, 1.807) is 5.56 Å². The molecule has 0 aliphatic carbocycles. The lowest BCUT2D eigenvalue weighted by molar-refractivity contribution is 0.144. The highest BCUT2D eigenvalue weighted by atomic mass is 15.2. The zero-order chi connectivity index (χ0) is 13.8. The molecular formula is C18H29N. The minimum atomic E-state index is 0.784. The van der Waals surface area contributed by atoms with E-state index in [-0.39, 0.29) is 0 Å². The summed E-state index contributed by atoms with van der Waals surface area (Å²) in [7, 11) is 0. The monoisotopic (exact) mass is 259 g/mol. The highest BCUT2D eigenvalue weighted by molar-refractivity contribution is 5.33. The molecule has 0 bridgehead atoms. The van der Waals surface area contributed by atoms with E-state index in [4.69, 9.17) is 0 Å². The van der Waals surface area contributed by atoms with Crippen LogP contribution >= 0.6 is 0 Å². The summed E-state index contributed by atoms with van der Waals surface area (Å²) in [4.78, 5) is 2.71. The Hall–Kier alpha value is -0.820. The van der Waals surface area contributed by atoms with E-state index in [0.29, 0.717) is 0 Å². The smallest absolute Gasteiger partial charge is 0.00900 e. The van der Waals surface area contributed by atoms with Crippen LogP contribution in [0.15, 0.2) is 18.2 Å². The highest BCUT2D eigenvalue weighted by Gasteiger charge is 2.24. The van der Waals surface area contributed by atoms with Crippen LogP contribution in [0.1, 0.15) is 62.1 Å². The fraction of sp³-hybridized carbons (Fsp3) is 0.667. The molecule has 0 amide bonds. The predicted molar refractivity (Wildman–Crippen MR) is 83.8 cm³/mol. The molecule has 1 aromatic carbocycles. The van der Waals surface area contributed by atoms with Crippen molar-refractivity contribution < 1.29 is 0 Å². The van der Waals surface area contributed by atoms with E-state index in [0.717, 1.165) is 12.0 Å². The van der Waals surface area contributed by atoms with Crippen LogP contribution in [0.2, 0.25) is 0 Å². The summed E-state index contributed by atoms with van der Waals surface area (Å²) in [5.41, 5.74) is 4.46. The normalized spacial score (nSPS) is 18.2. The molecule has 1 aromatic rings. The van der Waals surface area contributed by atoms with Crippen LogP contribution in [-0.2, 0) is 0 Å². The Morgan fingerprint density at radius 2 is 1.74 bits per heavy atom. The van der Waals surface area contributed by atoms with Gasteiger partial charge in [-0.25, -0.2) is 0 Å². The van der Waals surface area contributed by atoms with Crippen molar-refractivity contribution in [2.45, 2.75) is 65.3 Å². The Bertz CT molecular complexity index is 398. The number of benzene rings is 1. The quantitative estimate of drug-likeness (QED) is 0.759. The third-order valence-electron chi connectivity index (χ3n) is 4.85. The molecule has 0 spiro atoms. The third kappa shape index (κ3) is 3.39. The van der Waals surface area contributed by atoms with E-state index < -0.39 is 0 Å². The standard InChI is InChI=1S/C18H29N/c1-5-17(6-2)19-11-9-16(10-12-19)18-8-7-14(3)13-15(18)4/h7-8,13,16-17H,5-6,9-12H2,1-4H3. The van der Waals surface area contributed by atoms with Gasteiger partial charge in [0.25, 0.3) is 0 Å². The molecule has 1 fully saturated rings. The average molecular weight is 259 g/mol. The Morgan fingerprint density at radius 3 is 2.26 bits per heavy atom. The molecule has 1 saturated heterocycles. The summed E-state index contributed by atoms with van der Waals surface area (Å²) in [6.45, 7) is 11.7. The average Bonchev–Trinajstić information content (AvgIpc) is 2.41. The van der Waals surface area contributed by atoms with Crippen molar-refractivity contribution in [2.75, 3.05) is 13.1 Å². The molecule has 1 aliphatic heterocycles. The number of piperidine rings is 1. The summed E-state index contributed by atoms with van der Waals surface area (Å²) >= 11 is 0. The molecule has 0 N–H and O–H groups in total. The summed E-state index contributed by atoms with van der Waals surface area (Å²) in [6, 6.07) is 7.78. The molecule has 0 unspecified atom stereocenters. The molecule has 1 heterocycles. The number of nitrogens with zero attached hydrogens (tertiary/aromatic N) is 1. The first-order valence-electron chi connectivity index (χ1n) is 7.96. The van der Waals surface area contributed by atoms with E-state index in [1.807, 2.05) is 0 Å². The van der Waals surface area contributed by atoms with Crippen molar-refractivity contribution in [2.24, 2.45) is 0 Å². The van der Waals surface area contributed by atoms with Crippen molar-refractivity contribution in [3.8, 4) is 0 Å². The van der Waals surface area contributed by atoms with Gasteiger partial charge in [-0.1, -0.05) is 37.6 Å². The van der Waals surface area contributed by atoms with Gasteiger partial charge in [-0.15, -0.1) is 0 Å². The second-order valence-corrected chi connectivity index (χ2v) is 6.14. The fourth-order valence-electron chi connectivity index (χ4n) is 3.66. The minimum absolute atomic E-state index is 0.784. The molecule has 0 atom stereocenters. The fourth-order valence-corrected chi connectivity index (χ4v) is 3.66. The molecule has 1 heteroatoms. The van der Waals surface area contributed by atoms with Crippen molar-refractivity contribution in [3.05, 3.63) is 34.9 Å². The Balaban J connectivity index is 1.99. The van der Waals surface area contributed by atoms with Gasteiger partial charge in [-0.3, -0.25) is 0 Å². The van der Waals surface area contributed by atoms with Crippen molar-refractivity contribution in [3.63, 3.8) is 0 Å². The number of likely N-dealkylation sites (tertiary alicyclic amines) is 1. The van der Waals surface area contributed by atoms with Crippen LogP contribution < -0.4 is 0 Å².